The molecule has 18 heavy (non-hydrogen) atoms. The van der Waals surface area contributed by atoms with Gasteiger partial charge in [0.1, 0.15) is 12.1 Å². The van der Waals surface area contributed by atoms with E-state index in [9.17, 15) is 0 Å². The second-order valence-electron chi connectivity index (χ2n) is 4.52. The second kappa shape index (κ2) is 6.54. The Labute approximate surface area is 108 Å². The fourth-order valence-corrected chi connectivity index (χ4v) is 2.09. The normalized spacial score (nSPS) is 16.6. The Morgan fingerprint density at radius 3 is 2.89 bits per heavy atom. The van der Waals surface area contributed by atoms with Gasteiger partial charge in [-0.25, -0.2) is 9.97 Å². The molecule has 1 aliphatic rings. The predicted molar refractivity (Wildman–Crippen MR) is 70.0 cm³/mol. The molecule has 1 saturated heterocycles. The average Bonchev–Trinajstić information content (AvgIpc) is 2.41. The number of ether oxygens (including phenoxy) is 2. The van der Waals surface area contributed by atoms with E-state index in [1.165, 1.54) is 0 Å². The first-order valence-corrected chi connectivity index (χ1v) is 6.57. The van der Waals surface area contributed by atoms with E-state index in [4.69, 9.17) is 9.47 Å². The van der Waals surface area contributed by atoms with Crippen molar-refractivity contribution in [2.45, 2.75) is 26.7 Å². The molecule has 5 heteroatoms. The SMILES string of the molecule is CCOc1ncnc(NCC2CCOCC2)c1C. The Bertz CT molecular complexity index is 378. The third-order valence-corrected chi connectivity index (χ3v) is 3.22. The zero-order valence-electron chi connectivity index (χ0n) is 11.1. The van der Waals surface area contributed by atoms with E-state index < -0.39 is 0 Å². The molecule has 0 amide bonds. The van der Waals surface area contributed by atoms with Crippen LogP contribution in [0.4, 0.5) is 5.82 Å². The summed E-state index contributed by atoms with van der Waals surface area (Å²) in [4.78, 5) is 8.40. The van der Waals surface area contributed by atoms with E-state index in [2.05, 4.69) is 15.3 Å². The highest BCUT2D eigenvalue weighted by Gasteiger charge is 2.15. The van der Waals surface area contributed by atoms with Crippen LogP contribution < -0.4 is 10.1 Å². The molecule has 0 atom stereocenters. The summed E-state index contributed by atoms with van der Waals surface area (Å²) < 4.78 is 10.8. The van der Waals surface area contributed by atoms with Gasteiger partial charge in [0.25, 0.3) is 0 Å². The Balaban J connectivity index is 1.93. The van der Waals surface area contributed by atoms with Crippen molar-refractivity contribution in [1.29, 1.82) is 0 Å². The number of rotatable bonds is 5. The van der Waals surface area contributed by atoms with Crippen LogP contribution in [0.15, 0.2) is 6.33 Å². The standard InChI is InChI=1S/C13H21N3O2/c1-3-18-13-10(2)12(15-9-16-13)14-8-11-4-6-17-7-5-11/h9,11H,3-8H2,1-2H3,(H,14,15,16). The zero-order chi connectivity index (χ0) is 12.8. The lowest BCUT2D eigenvalue weighted by Gasteiger charge is -2.22. The molecule has 0 aliphatic carbocycles. The number of hydrogen-bond donors (Lipinski definition) is 1. The lowest BCUT2D eigenvalue weighted by atomic mass is 10.0. The molecular formula is C13H21N3O2. The Morgan fingerprint density at radius 2 is 2.17 bits per heavy atom. The topological polar surface area (TPSA) is 56.3 Å². The summed E-state index contributed by atoms with van der Waals surface area (Å²) in [5, 5.41) is 3.39. The maximum absolute atomic E-state index is 5.46. The first kappa shape index (κ1) is 13.1. The van der Waals surface area contributed by atoms with Gasteiger partial charge in [0, 0.05) is 19.8 Å². The van der Waals surface area contributed by atoms with Crippen LogP contribution in [0.3, 0.4) is 0 Å². The lowest BCUT2D eigenvalue weighted by Crippen LogP contribution is -2.23. The van der Waals surface area contributed by atoms with Crippen LogP contribution >= 0.6 is 0 Å². The minimum atomic E-state index is 0.622. The second-order valence-corrected chi connectivity index (χ2v) is 4.52. The first-order chi connectivity index (χ1) is 8.81. The molecule has 5 nitrogen and oxygen atoms in total. The molecule has 2 rings (SSSR count). The molecule has 1 aliphatic heterocycles. The van der Waals surface area contributed by atoms with E-state index in [0.717, 1.165) is 44.0 Å². The zero-order valence-corrected chi connectivity index (χ0v) is 11.1. The molecule has 0 aromatic carbocycles. The molecule has 1 aromatic heterocycles. The van der Waals surface area contributed by atoms with E-state index >= 15 is 0 Å². The largest absolute Gasteiger partial charge is 0.478 e. The highest BCUT2D eigenvalue weighted by molar-refractivity contribution is 5.47. The third-order valence-electron chi connectivity index (χ3n) is 3.22. The Kier molecular flexibility index (Phi) is 4.75. The molecule has 1 aromatic rings. The summed E-state index contributed by atoms with van der Waals surface area (Å²) in [6.45, 7) is 7.25. The van der Waals surface area contributed by atoms with Gasteiger partial charge in [-0.15, -0.1) is 0 Å². The molecule has 1 N–H and O–H groups in total. The van der Waals surface area contributed by atoms with Crippen LogP contribution in [0.25, 0.3) is 0 Å². The summed E-state index contributed by atoms with van der Waals surface area (Å²) in [7, 11) is 0. The summed E-state index contributed by atoms with van der Waals surface area (Å²) in [5.41, 5.74) is 0.978. The Morgan fingerprint density at radius 1 is 1.39 bits per heavy atom. The number of nitrogens with one attached hydrogen (secondary N) is 1. The summed E-state index contributed by atoms with van der Waals surface area (Å²) in [5.74, 6) is 2.21. The minimum Gasteiger partial charge on any atom is -0.478 e. The maximum Gasteiger partial charge on any atom is 0.221 e. The van der Waals surface area contributed by atoms with E-state index in [0.29, 0.717) is 18.4 Å². The summed E-state index contributed by atoms with van der Waals surface area (Å²) in [6, 6.07) is 0. The molecule has 100 valence electrons. The van der Waals surface area contributed by atoms with Gasteiger partial charge in [-0.05, 0) is 32.6 Å². The van der Waals surface area contributed by atoms with Crippen LogP contribution in [0.5, 0.6) is 5.88 Å². The van der Waals surface area contributed by atoms with Crippen molar-refractivity contribution < 1.29 is 9.47 Å². The molecule has 0 spiro atoms. The van der Waals surface area contributed by atoms with Gasteiger partial charge in [0.15, 0.2) is 0 Å². The molecule has 0 unspecified atom stereocenters. The Hall–Kier alpha value is -1.36. The van der Waals surface area contributed by atoms with Gasteiger partial charge >= 0.3 is 0 Å². The molecular weight excluding hydrogens is 230 g/mol. The molecule has 1 fully saturated rings. The quantitative estimate of drug-likeness (QED) is 0.867. The average molecular weight is 251 g/mol. The number of aromatic nitrogens is 2. The molecule has 2 heterocycles. The van der Waals surface area contributed by atoms with Crippen molar-refractivity contribution in [2.75, 3.05) is 31.7 Å². The molecule has 0 radical (unpaired) electrons. The van der Waals surface area contributed by atoms with Gasteiger partial charge < -0.3 is 14.8 Å². The van der Waals surface area contributed by atoms with Crippen molar-refractivity contribution >= 4 is 5.82 Å². The minimum absolute atomic E-state index is 0.622. The van der Waals surface area contributed by atoms with Crippen molar-refractivity contribution in [3.05, 3.63) is 11.9 Å². The number of anilines is 1. The molecule has 0 bridgehead atoms. The predicted octanol–water partition coefficient (Wildman–Crippen LogP) is 2.02. The van der Waals surface area contributed by atoms with Crippen LogP contribution in [0, 0.1) is 12.8 Å². The fourth-order valence-electron chi connectivity index (χ4n) is 2.09. The molecule has 0 saturated carbocycles. The van der Waals surface area contributed by atoms with Gasteiger partial charge in [0.2, 0.25) is 5.88 Å². The highest BCUT2D eigenvalue weighted by atomic mass is 16.5. The van der Waals surface area contributed by atoms with Crippen LogP contribution in [-0.2, 0) is 4.74 Å². The third kappa shape index (κ3) is 3.32. The van der Waals surface area contributed by atoms with Crippen LogP contribution in [0.1, 0.15) is 25.3 Å². The van der Waals surface area contributed by atoms with Crippen molar-refractivity contribution in [1.82, 2.24) is 9.97 Å². The van der Waals surface area contributed by atoms with E-state index in [1.54, 1.807) is 6.33 Å². The maximum atomic E-state index is 5.46. The summed E-state index contributed by atoms with van der Waals surface area (Å²) in [6.07, 6.45) is 3.79. The monoisotopic (exact) mass is 251 g/mol. The fraction of sp³-hybridized carbons (Fsp3) is 0.692. The highest BCUT2D eigenvalue weighted by Crippen LogP contribution is 2.21. The number of hydrogen-bond acceptors (Lipinski definition) is 5. The van der Waals surface area contributed by atoms with Gasteiger partial charge in [-0.1, -0.05) is 0 Å². The smallest absolute Gasteiger partial charge is 0.221 e. The first-order valence-electron chi connectivity index (χ1n) is 6.57. The van der Waals surface area contributed by atoms with Crippen molar-refractivity contribution in [2.24, 2.45) is 5.92 Å². The van der Waals surface area contributed by atoms with E-state index in [1.807, 2.05) is 13.8 Å². The van der Waals surface area contributed by atoms with Gasteiger partial charge in [0.05, 0.1) is 12.2 Å². The summed E-state index contributed by atoms with van der Waals surface area (Å²) >= 11 is 0. The van der Waals surface area contributed by atoms with Crippen molar-refractivity contribution in [3.63, 3.8) is 0 Å². The lowest BCUT2D eigenvalue weighted by molar-refractivity contribution is 0.0699. The van der Waals surface area contributed by atoms with Crippen molar-refractivity contribution in [3.8, 4) is 5.88 Å². The van der Waals surface area contributed by atoms with Gasteiger partial charge in [-0.3, -0.25) is 0 Å². The van der Waals surface area contributed by atoms with Gasteiger partial charge in [-0.2, -0.15) is 0 Å². The van der Waals surface area contributed by atoms with Crippen LogP contribution in [0.2, 0.25) is 0 Å². The van der Waals surface area contributed by atoms with E-state index in [-0.39, 0.29) is 0 Å². The van der Waals surface area contributed by atoms with Crippen LogP contribution in [-0.4, -0.2) is 36.3 Å². The number of nitrogens with zero attached hydrogens (tertiary/aromatic N) is 2.